The molecule has 1 aliphatic carbocycles. The number of aryl methyl sites for hydroxylation is 3. The number of ketones is 2. The van der Waals surface area contributed by atoms with Crippen molar-refractivity contribution in [2.75, 3.05) is 11.1 Å². The van der Waals surface area contributed by atoms with E-state index in [2.05, 4.69) is 31.3 Å². The molecular formula is C32H31N3O2. The Kier molecular flexibility index (Phi) is 6.40. The summed E-state index contributed by atoms with van der Waals surface area (Å²) >= 11 is 0. The minimum absolute atomic E-state index is 0.193. The summed E-state index contributed by atoms with van der Waals surface area (Å²) in [5.41, 5.74) is 22.2. The van der Waals surface area contributed by atoms with E-state index in [0.29, 0.717) is 34.6 Å². The van der Waals surface area contributed by atoms with Gasteiger partial charge in [0.2, 0.25) is 0 Å². The Labute approximate surface area is 217 Å². The number of anilines is 3. The van der Waals surface area contributed by atoms with Crippen LogP contribution < -0.4 is 16.8 Å². The third kappa shape index (κ3) is 4.02. The van der Waals surface area contributed by atoms with Crippen LogP contribution in [0.3, 0.4) is 0 Å². The van der Waals surface area contributed by atoms with Crippen molar-refractivity contribution in [3.8, 4) is 11.1 Å². The maximum absolute atomic E-state index is 13.6. The summed E-state index contributed by atoms with van der Waals surface area (Å²) < 4.78 is 0. The number of carbonyl (C=O) groups is 2. The molecule has 0 bridgehead atoms. The van der Waals surface area contributed by atoms with Gasteiger partial charge in [-0.3, -0.25) is 9.59 Å². The Hall–Kier alpha value is -4.22. The topological polar surface area (TPSA) is 98.2 Å². The van der Waals surface area contributed by atoms with Crippen molar-refractivity contribution >= 4 is 28.6 Å². The van der Waals surface area contributed by atoms with Crippen LogP contribution >= 0.6 is 0 Å². The first-order valence-corrected chi connectivity index (χ1v) is 12.7. The van der Waals surface area contributed by atoms with Gasteiger partial charge in [0.15, 0.2) is 11.6 Å². The van der Waals surface area contributed by atoms with Gasteiger partial charge in [0.1, 0.15) is 0 Å². The normalized spacial score (nSPS) is 12.3. The van der Waals surface area contributed by atoms with Crippen molar-refractivity contribution in [2.24, 2.45) is 5.73 Å². The average Bonchev–Trinajstić information content (AvgIpc) is 2.92. The van der Waals surface area contributed by atoms with Gasteiger partial charge in [0.25, 0.3) is 0 Å². The van der Waals surface area contributed by atoms with Gasteiger partial charge in [-0.25, -0.2) is 0 Å². The molecule has 0 spiro atoms. The monoisotopic (exact) mass is 489 g/mol. The van der Waals surface area contributed by atoms with Crippen LogP contribution in [-0.4, -0.2) is 11.6 Å². The molecule has 0 heterocycles. The predicted molar refractivity (Wildman–Crippen MR) is 151 cm³/mol. The Morgan fingerprint density at radius 3 is 1.86 bits per heavy atom. The zero-order valence-electron chi connectivity index (χ0n) is 21.4. The van der Waals surface area contributed by atoms with Gasteiger partial charge in [-0.2, -0.15) is 0 Å². The van der Waals surface area contributed by atoms with E-state index in [4.69, 9.17) is 11.5 Å². The fraction of sp³-hybridized carbons (Fsp3) is 0.188. The first-order chi connectivity index (χ1) is 17.9. The van der Waals surface area contributed by atoms with Crippen LogP contribution in [0.25, 0.3) is 11.1 Å². The van der Waals surface area contributed by atoms with Gasteiger partial charge >= 0.3 is 0 Å². The highest BCUT2D eigenvalue weighted by Crippen LogP contribution is 2.44. The fourth-order valence-electron chi connectivity index (χ4n) is 5.34. The molecule has 1 aliphatic rings. The number of nitrogens with two attached hydrogens (primary N) is 2. The van der Waals surface area contributed by atoms with Crippen molar-refractivity contribution in [1.29, 1.82) is 0 Å². The Bertz CT molecular complexity index is 1540. The van der Waals surface area contributed by atoms with Gasteiger partial charge in [-0.15, -0.1) is 0 Å². The van der Waals surface area contributed by atoms with Crippen LogP contribution in [0.4, 0.5) is 17.1 Å². The van der Waals surface area contributed by atoms with E-state index in [0.717, 1.165) is 51.9 Å². The number of hydrogen-bond donors (Lipinski definition) is 3. The second kappa shape index (κ2) is 9.68. The zero-order valence-corrected chi connectivity index (χ0v) is 21.4. The third-order valence-electron chi connectivity index (χ3n) is 7.29. The molecule has 5 N–H and O–H groups in total. The van der Waals surface area contributed by atoms with Crippen LogP contribution in [0.5, 0.6) is 0 Å². The van der Waals surface area contributed by atoms with E-state index >= 15 is 0 Å². The van der Waals surface area contributed by atoms with Crippen LogP contribution in [-0.2, 0) is 19.4 Å². The lowest BCUT2D eigenvalue weighted by Gasteiger charge is -2.26. The highest BCUT2D eigenvalue weighted by molar-refractivity contribution is 6.31. The van der Waals surface area contributed by atoms with Crippen molar-refractivity contribution < 1.29 is 9.59 Å². The second-order valence-electron chi connectivity index (χ2n) is 9.48. The van der Waals surface area contributed by atoms with Crippen LogP contribution in [0.1, 0.15) is 67.9 Å². The Morgan fingerprint density at radius 1 is 0.730 bits per heavy atom. The molecule has 37 heavy (non-hydrogen) atoms. The Balaban J connectivity index is 1.80. The van der Waals surface area contributed by atoms with E-state index in [-0.39, 0.29) is 17.1 Å². The number of benzene rings is 4. The summed E-state index contributed by atoms with van der Waals surface area (Å²) in [4.78, 5) is 27.2. The number of rotatable bonds is 6. The van der Waals surface area contributed by atoms with E-state index in [1.165, 1.54) is 0 Å². The smallest absolute Gasteiger partial charge is 0.196 e. The minimum Gasteiger partial charge on any atom is -0.398 e. The quantitative estimate of drug-likeness (QED) is 0.242. The predicted octanol–water partition coefficient (Wildman–Crippen LogP) is 6.35. The zero-order chi connectivity index (χ0) is 26.3. The first kappa shape index (κ1) is 24.5. The fourth-order valence-corrected chi connectivity index (χ4v) is 5.34. The molecule has 0 amide bonds. The second-order valence-corrected chi connectivity index (χ2v) is 9.48. The van der Waals surface area contributed by atoms with Crippen molar-refractivity contribution in [3.05, 3.63) is 111 Å². The molecule has 186 valence electrons. The molecule has 0 aromatic heterocycles. The maximum Gasteiger partial charge on any atom is 0.196 e. The van der Waals surface area contributed by atoms with Gasteiger partial charge in [0.05, 0.1) is 11.3 Å². The van der Waals surface area contributed by atoms with Gasteiger partial charge in [-0.1, -0.05) is 74.5 Å². The summed E-state index contributed by atoms with van der Waals surface area (Å²) in [6, 6.07) is 20.9. The van der Waals surface area contributed by atoms with Crippen molar-refractivity contribution in [3.63, 3.8) is 0 Å². The summed E-state index contributed by atoms with van der Waals surface area (Å²) in [5, 5.41) is 3.65. The number of nitrogen functional groups attached to an aromatic ring is 1. The summed E-state index contributed by atoms with van der Waals surface area (Å²) in [7, 11) is 0. The third-order valence-corrected chi connectivity index (χ3v) is 7.29. The molecule has 0 atom stereocenters. The van der Waals surface area contributed by atoms with Gasteiger partial charge < -0.3 is 16.8 Å². The van der Waals surface area contributed by atoms with Gasteiger partial charge in [0, 0.05) is 40.2 Å². The Morgan fingerprint density at radius 2 is 1.30 bits per heavy atom. The summed E-state index contributed by atoms with van der Waals surface area (Å²) in [6.07, 6.45) is 1.63. The molecule has 4 aromatic carbocycles. The lowest BCUT2D eigenvalue weighted by molar-refractivity contribution is 0.0980. The number of nitrogens with one attached hydrogen (secondary N) is 1. The lowest BCUT2D eigenvalue weighted by Crippen LogP contribution is -2.23. The molecule has 0 radical (unpaired) electrons. The van der Waals surface area contributed by atoms with Crippen molar-refractivity contribution in [1.82, 2.24) is 0 Å². The summed E-state index contributed by atoms with van der Waals surface area (Å²) in [5.74, 6) is -0.416. The van der Waals surface area contributed by atoms with E-state index in [1.54, 1.807) is 30.3 Å². The molecule has 0 fully saturated rings. The maximum atomic E-state index is 13.6. The molecular weight excluding hydrogens is 458 g/mol. The van der Waals surface area contributed by atoms with E-state index in [9.17, 15) is 9.59 Å². The highest BCUT2D eigenvalue weighted by atomic mass is 16.1. The largest absolute Gasteiger partial charge is 0.398 e. The van der Waals surface area contributed by atoms with Crippen LogP contribution in [0.2, 0.25) is 0 Å². The van der Waals surface area contributed by atoms with Gasteiger partial charge in [-0.05, 0) is 53.6 Å². The molecule has 5 nitrogen and oxygen atoms in total. The van der Waals surface area contributed by atoms with Crippen LogP contribution in [0.15, 0.2) is 66.7 Å². The average molecular weight is 490 g/mol. The van der Waals surface area contributed by atoms with Crippen LogP contribution in [0, 0.1) is 6.92 Å². The number of fused-ring (bicyclic) bond motifs is 2. The molecule has 0 saturated carbocycles. The lowest BCUT2D eigenvalue weighted by atomic mass is 9.80. The highest BCUT2D eigenvalue weighted by Gasteiger charge is 2.34. The number of carbonyl (C=O) groups excluding carboxylic acids is 2. The SMILES string of the molecule is CCc1cc(CN)cc(CC)c1Nc1cc2c(c(N)c1-c1ccccc1C)C(=O)c1ccccc1C2=O. The van der Waals surface area contributed by atoms with Crippen molar-refractivity contribution in [2.45, 2.75) is 40.2 Å². The molecule has 0 aliphatic heterocycles. The molecule has 0 saturated heterocycles. The summed E-state index contributed by atoms with van der Waals surface area (Å²) in [6.45, 7) is 6.72. The molecule has 4 aromatic rings. The van der Waals surface area contributed by atoms with E-state index < -0.39 is 0 Å². The first-order valence-electron chi connectivity index (χ1n) is 12.7. The number of hydrogen-bond acceptors (Lipinski definition) is 5. The molecule has 0 unspecified atom stereocenters. The minimum atomic E-state index is -0.222. The standard InChI is InChI=1S/C32H31N3O2/c1-4-20-14-19(17-33)15-21(5-2)30(20)35-26-16-25-28(29(34)27(26)22-11-7-6-10-18(22)3)32(37)24-13-9-8-12-23(24)31(25)36/h6-16,35H,4-5,17,33-34H2,1-3H3. The van der Waals surface area contributed by atoms with E-state index in [1.807, 2.05) is 31.2 Å². The molecule has 5 rings (SSSR count). The molecule has 5 heteroatoms.